The summed E-state index contributed by atoms with van der Waals surface area (Å²) in [5, 5.41) is 12.7. The summed E-state index contributed by atoms with van der Waals surface area (Å²) in [6.07, 6.45) is 2.72. The summed E-state index contributed by atoms with van der Waals surface area (Å²) >= 11 is 0. The van der Waals surface area contributed by atoms with Crippen molar-refractivity contribution in [2.75, 3.05) is 0 Å². The lowest BCUT2D eigenvalue weighted by Crippen LogP contribution is -1.89. The summed E-state index contributed by atoms with van der Waals surface area (Å²) in [5.41, 5.74) is 3.95. The van der Waals surface area contributed by atoms with Crippen molar-refractivity contribution in [2.24, 2.45) is 5.16 Å². The zero-order valence-electron chi connectivity index (χ0n) is 11.4. The van der Waals surface area contributed by atoms with Crippen LogP contribution in [0.15, 0.2) is 53.7 Å². The van der Waals surface area contributed by atoms with E-state index in [4.69, 9.17) is 10.1 Å². The molecular weight excluding hydrogens is 248 g/mol. The fraction of sp³-hybridized carbons (Fsp3) is 0.176. The molecule has 2 aromatic carbocycles. The van der Waals surface area contributed by atoms with Crippen molar-refractivity contribution in [2.45, 2.75) is 20.0 Å². The van der Waals surface area contributed by atoms with Gasteiger partial charge in [-0.2, -0.15) is 5.26 Å². The number of oxime groups is 1. The molecule has 0 aliphatic rings. The standard InChI is InChI=1S/C17H16N2O/c1-2-14-4-3-5-17(10-14)12-19-20-13-16-8-6-15(11-18)7-9-16/h3-10,12H,2,13H2,1H3. The third-order valence-electron chi connectivity index (χ3n) is 2.95. The van der Waals surface area contributed by atoms with Crippen molar-refractivity contribution in [1.82, 2.24) is 0 Å². The highest BCUT2D eigenvalue weighted by molar-refractivity contribution is 5.79. The Kier molecular flexibility index (Phi) is 4.91. The first-order valence-electron chi connectivity index (χ1n) is 6.55. The highest BCUT2D eigenvalue weighted by Crippen LogP contribution is 2.06. The number of hydrogen-bond donors (Lipinski definition) is 0. The van der Waals surface area contributed by atoms with Gasteiger partial charge in [-0.15, -0.1) is 0 Å². The lowest BCUT2D eigenvalue weighted by Gasteiger charge is -2.00. The van der Waals surface area contributed by atoms with Crippen LogP contribution in [0.5, 0.6) is 0 Å². The molecule has 20 heavy (non-hydrogen) atoms. The van der Waals surface area contributed by atoms with E-state index < -0.39 is 0 Å². The normalized spacial score (nSPS) is 10.4. The van der Waals surface area contributed by atoms with Crippen LogP contribution in [-0.2, 0) is 17.9 Å². The molecule has 0 bridgehead atoms. The first-order valence-corrected chi connectivity index (χ1v) is 6.55. The second-order valence-electron chi connectivity index (χ2n) is 4.42. The Morgan fingerprint density at radius 1 is 1.15 bits per heavy atom. The zero-order chi connectivity index (χ0) is 14.2. The number of hydrogen-bond acceptors (Lipinski definition) is 3. The fourth-order valence-electron chi connectivity index (χ4n) is 1.78. The van der Waals surface area contributed by atoms with Crippen LogP contribution < -0.4 is 0 Å². The Balaban J connectivity index is 1.88. The second-order valence-corrected chi connectivity index (χ2v) is 4.42. The molecule has 2 rings (SSSR count). The Hall–Kier alpha value is -2.60. The van der Waals surface area contributed by atoms with Crippen molar-refractivity contribution in [3.8, 4) is 6.07 Å². The van der Waals surface area contributed by atoms with Crippen molar-refractivity contribution in [3.63, 3.8) is 0 Å². The van der Waals surface area contributed by atoms with E-state index in [1.54, 1.807) is 18.3 Å². The van der Waals surface area contributed by atoms with Gasteiger partial charge in [0.15, 0.2) is 0 Å². The minimum Gasteiger partial charge on any atom is -0.391 e. The molecule has 3 nitrogen and oxygen atoms in total. The molecule has 0 aliphatic carbocycles. The van der Waals surface area contributed by atoms with Gasteiger partial charge in [0.05, 0.1) is 17.8 Å². The van der Waals surface area contributed by atoms with E-state index in [0.29, 0.717) is 12.2 Å². The summed E-state index contributed by atoms with van der Waals surface area (Å²) < 4.78 is 0. The van der Waals surface area contributed by atoms with Crippen LogP contribution in [0.25, 0.3) is 0 Å². The van der Waals surface area contributed by atoms with Crippen LogP contribution >= 0.6 is 0 Å². The maximum absolute atomic E-state index is 8.71. The van der Waals surface area contributed by atoms with Gasteiger partial charge in [0.2, 0.25) is 0 Å². The van der Waals surface area contributed by atoms with Crippen molar-refractivity contribution >= 4 is 6.21 Å². The quantitative estimate of drug-likeness (QED) is 0.611. The zero-order valence-corrected chi connectivity index (χ0v) is 11.4. The third kappa shape index (κ3) is 3.96. The average Bonchev–Trinajstić information content (AvgIpc) is 2.52. The molecule has 0 fully saturated rings. The molecule has 0 spiro atoms. The maximum Gasteiger partial charge on any atom is 0.142 e. The van der Waals surface area contributed by atoms with Gasteiger partial charge in [0, 0.05) is 0 Å². The molecule has 0 heterocycles. The SMILES string of the molecule is CCc1cccc(C=NOCc2ccc(C#N)cc2)c1. The van der Waals surface area contributed by atoms with E-state index >= 15 is 0 Å². The molecule has 0 saturated heterocycles. The van der Waals surface area contributed by atoms with Crippen LogP contribution in [-0.4, -0.2) is 6.21 Å². The lowest BCUT2D eigenvalue weighted by molar-refractivity contribution is 0.132. The number of rotatable bonds is 5. The molecule has 0 saturated carbocycles. The Labute approximate surface area is 119 Å². The van der Waals surface area contributed by atoms with E-state index in [2.05, 4.69) is 30.3 Å². The van der Waals surface area contributed by atoms with Crippen molar-refractivity contribution < 1.29 is 4.84 Å². The molecule has 2 aromatic rings. The lowest BCUT2D eigenvalue weighted by atomic mass is 10.1. The molecule has 0 N–H and O–H groups in total. The van der Waals surface area contributed by atoms with E-state index in [1.165, 1.54) is 5.56 Å². The summed E-state index contributed by atoms with van der Waals surface area (Å²) in [6, 6.07) is 17.6. The molecule has 0 aromatic heterocycles. The molecular formula is C17H16N2O. The number of benzene rings is 2. The molecule has 0 radical (unpaired) electrons. The summed E-state index contributed by atoms with van der Waals surface area (Å²) in [6.45, 7) is 2.52. The number of nitrogens with zero attached hydrogens (tertiary/aromatic N) is 2. The molecule has 0 amide bonds. The molecule has 0 unspecified atom stereocenters. The Morgan fingerprint density at radius 2 is 1.95 bits per heavy atom. The first kappa shape index (κ1) is 13.8. The second kappa shape index (κ2) is 7.10. The van der Waals surface area contributed by atoms with Crippen LogP contribution in [0.4, 0.5) is 0 Å². The summed E-state index contributed by atoms with van der Waals surface area (Å²) in [7, 11) is 0. The highest BCUT2D eigenvalue weighted by atomic mass is 16.6. The highest BCUT2D eigenvalue weighted by Gasteiger charge is 1.94. The van der Waals surface area contributed by atoms with E-state index in [-0.39, 0.29) is 0 Å². The van der Waals surface area contributed by atoms with Gasteiger partial charge in [-0.3, -0.25) is 0 Å². The van der Waals surface area contributed by atoms with Gasteiger partial charge < -0.3 is 4.84 Å². The summed E-state index contributed by atoms with van der Waals surface area (Å²) in [4.78, 5) is 5.26. The van der Waals surface area contributed by atoms with Gasteiger partial charge in [-0.1, -0.05) is 48.5 Å². The van der Waals surface area contributed by atoms with Crippen LogP contribution in [0.3, 0.4) is 0 Å². The van der Waals surface area contributed by atoms with Crippen LogP contribution in [0, 0.1) is 11.3 Å². The summed E-state index contributed by atoms with van der Waals surface area (Å²) in [5.74, 6) is 0. The monoisotopic (exact) mass is 264 g/mol. The topological polar surface area (TPSA) is 45.4 Å². The van der Waals surface area contributed by atoms with Crippen molar-refractivity contribution in [3.05, 3.63) is 70.8 Å². The minimum absolute atomic E-state index is 0.398. The average molecular weight is 264 g/mol. The minimum atomic E-state index is 0.398. The predicted octanol–water partition coefficient (Wildman–Crippen LogP) is 3.67. The predicted molar refractivity (Wildman–Crippen MR) is 79.4 cm³/mol. The molecule has 100 valence electrons. The largest absolute Gasteiger partial charge is 0.391 e. The van der Waals surface area contributed by atoms with Gasteiger partial charge >= 0.3 is 0 Å². The van der Waals surface area contributed by atoms with Gasteiger partial charge in [-0.25, -0.2) is 0 Å². The van der Waals surface area contributed by atoms with E-state index in [9.17, 15) is 0 Å². The van der Waals surface area contributed by atoms with Gasteiger partial charge in [-0.05, 0) is 35.2 Å². The van der Waals surface area contributed by atoms with Crippen LogP contribution in [0.1, 0.15) is 29.2 Å². The number of nitriles is 1. The molecule has 0 aliphatic heterocycles. The molecule has 3 heteroatoms. The van der Waals surface area contributed by atoms with E-state index in [0.717, 1.165) is 17.5 Å². The third-order valence-corrected chi connectivity index (χ3v) is 2.95. The fourth-order valence-corrected chi connectivity index (χ4v) is 1.78. The number of aryl methyl sites for hydroxylation is 1. The van der Waals surface area contributed by atoms with E-state index in [1.807, 2.05) is 24.3 Å². The first-order chi connectivity index (χ1) is 9.81. The van der Waals surface area contributed by atoms with Gasteiger partial charge in [0.1, 0.15) is 6.61 Å². The Morgan fingerprint density at radius 3 is 2.65 bits per heavy atom. The maximum atomic E-state index is 8.71. The van der Waals surface area contributed by atoms with Crippen molar-refractivity contribution in [1.29, 1.82) is 5.26 Å². The van der Waals surface area contributed by atoms with Gasteiger partial charge in [0.25, 0.3) is 0 Å². The van der Waals surface area contributed by atoms with Crippen LogP contribution in [0.2, 0.25) is 0 Å². The smallest absolute Gasteiger partial charge is 0.142 e. The Bertz CT molecular complexity index is 624. The molecule has 0 atom stereocenters.